The molecule has 1 aromatic rings. The Morgan fingerprint density at radius 2 is 2.00 bits per heavy atom. The zero-order chi connectivity index (χ0) is 8.55. The van der Waals surface area contributed by atoms with Crippen molar-refractivity contribution in [3.8, 4) is 0 Å². The van der Waals surface area contributed by atoms with E-state index >= 15 is 0 Å². The van der Waals surface area contributed by atoms with Gasteiger partial charge in [-0.15, -0.1) is 0 Å². The van der Waals surface area contributed by atoms with Crippen LogP contribution in [0.15, 0.2) is 24.3 Å². The molecule has 1 N–H and O–H groups in total. The first-order valence-electron chi connectivity index (χ1n) is 4.56. The molecule has 1 aliphatic carbocycles. The molecule has 1 unspecified atom stereocenters. The van der Waals surface area contributed by atoms with Gasteiger partial charge in [0.2, 0.25) is 0 Å². The molecule has 0 aliphatic heterocycles. The van der Waals surface area contributed by atoms with Crippen LogP contribution in [-0.2, 0) is 0 Å². The molecule has 0 bridgehead atoms. The van der Waals surface area contributed by atoms with Gasteiger partial charge in [-0.05, 0) is 36.8 Å². The molecule has 0 saturated heterocycles. The van der Waals surface area contributed by atoms with Gasteiger partial charge >= 0.3 is 0 Å². The van der Waals surface area contributed by atoms with E-state index in [0.717, 1.165) is 11.5 Å². The van der Waals surface area contributed by atoms with Crippen LogP contribution in [0.2, 0.25) is 0 Å². The lowest BCUT2D eigenvalue weighted by molar-refractivity contribution is 0.198. The van der Waals surface area contributed by atoms with Crippen LogP contribution in [-0.4, -0.2) is 5.11 Å². The summed E-state index contributed by atoms with van der Waals surface area (Å²) in [5.41, 5.74) is 2.47. The number of hydrogen-bond donors (Lipinski definition) is 1. The summed E-state index contributed by atoms with van der Waals surface area (Å²) in [6.45, 7) is 1.83. The van der Waals surface area contributed by atoms with Crippen LogP contribution in [0, 0.1) is 0 Å². The third-order valence-electron chi connectivity index (χ3n) is 2.46. The van der Waals surface area contributed by atoms with Crippen molar-refractivity contribution in [3.63, 3.8) is 0 Å². The molecule has 1 aromatic carbocycles. The fraction of sp³-hybridized carbons (Fsp3) is 0.455. The Bertz CT molecular complexity index is 253. The van der Waals surface area contributed by atoms with E-state index in [9.17, 15) is 5.11 Å². The van der Waals surface area contributed by atoms with Crippen LogP contribution in [0.3, 0.4) is 0 Å². The topological polar surface area (TPSA) is 20.2 Å². The van der Waals surface area contributed by atoms with Crippen molar-refractivity contribution in [2.24, 2.45) is 0 Å². The average molecular weight is 162 g/mol. The Hall–Kier alpha value is -0.820. The molecule has 1 fully saturated rings. The first-order chi connectivity index (χ1) is 5.79. The van der Waals surface area contributed by atoms with E-state index in [0.29, 0.717) is 0 Å². The molecule has 0 radical (unpaired) electrons. The molecule has 1 saturated carbocycles. The number of aliphatic hydroxyl groups is 1. The maximum absolute atomic E-state index is 9.48. The molecule has 2 rings (SSSR count). The Morgan fingerprint density at radius 3 is 2.58 bits per heavy atom. The number of hydrogen-bond acceptors (Lipinski definition) is 1. The van der Waals surface area contributed by atoms with Gasteiger partial charge in [0.1, 0.15) is 0 Å². The summed E-state index contributed by atoms with van der Waals surface area (Å²) in [6, 6.07) is 8.21. The van der Waals surface area contributed by atoms with Gasteiger partial charge in [-0.1, -0.05) is 24.3 Å². The molecule has 12 heavy (non-hydrogen) atoms. The highest BCUT2D eigenvalue weighted by molar-refractivity contribution is 5.34. The van der Waals surface area contributed by atoms with Crippen molar-refractivity contribution in [1.82, 2.24) is 0 Å². The predicted octanol–water partition coefficient (Wildman–Crippen LogP) is 2.62. The summed E-state index contributed by atoms with van der Waals surface area (Å²) in [7, 11) is 0. The van der Waals surface area contributed by atoms with E-state index in [-0.39, 0.29) is 6.10 Å². The maximum Gasteiger partial charge on any atom is 0.0764 e. The third-order valence-corrected chi connectivity index (χ3v) is 2.46. The van der Waals surface area contributed by atoms with Crippen molar-refractivity contribution in [2.75, 3.05) is 0 Å². The van der Waals surface area contributed by atoms with E-state index in [1.165, 1.54) is 18.4 Å². The minimum Gasteiger partial charge on any atom is -0.389 e. The second-order valence-electron chi connectivity index (χ2n) is 3.58. The van der Waals surface area contributed by atoms with Crippen LogP contribution < -0.4 is 0 Å². The van der Waals surface area contributed by atoms with E-state index < -0.39 is 0 Å². The highest BCUT2D eigenvalue weighted by atomic mass is 16.3. The van der Waals surface area contributed by atoms with Crippen molar-refractivity contribution in [3.05, 3.63) is 35.4 Å². The van der Waals surface area contributed by atoms with Crippen molar-refractivity contribution in [2.45, 2.75) is 31.8 Å². The van der Waals surface area contributed by atoms with E-state index in [1.807, 2.05) is 19.1 Å². The lowest BCUT2D eigenvalue weighted by Gasteiger charge is -2.10. The molecule has 1 aliphatic rings. The monoisotopic (exact) mass is 162 g/mol. The Morgan fingerprint density at radius 1 is 1.33 bits per heavy atom. The normalized spacial score (nSPS) is 19.2. The molecule has 1 heteroatoms. The maximum atomic E-state index is 9.48. The van der Waals surface area contributed by atoms with Gasteiger partial charge in [0.05, 0.1) is 6.10 Å². The Labute approximate surface area is 73.0 Å². The van der Waals surface area contributed by atoms with Crippen LogP contribution in [0.4, 0.5) is 0 Å². The fourth-order valence-electron chi connectivity index (χ4n) is 1.66. The summed E-state index contributed by atoms with van der Waals surface area (Å²) in [5, 5.41) is 9.48. The predicted molar refractivity (Wildman–Crippen MR) is 49.1 cm³/mol. The summed E-state index contributed by atoms with van der Waals surface area (Å²) in [5.74, 6) is 0.732. The van der Waals surface area contributed by atoms with E-state index in [1.54, 1.807) is 0 Å². The summed E-state index contributed by atoms with van der Waals surface area (Å²) in [6.07, 6.45) is 2.27. The van der Waals surface area contributed by atoms with Crippen LogP contribution in [0.25, 0.3) is 0 Å². The molecule has 1 nitrogen and oxygen atoms in total. The number of benzene rings is 1. The number of rotatable bonds is 2. The van der Waals surface area contributed by atoms with Crippen molar-refractivity contribution in [1.29, 1.82) is 0 Å². The zero-order valence-electron chi connectivity index (χ0n) is 7.33. The minimum atomic E-state index is -0.318. The van der Waals surface area contributed by atoms with Gasteiger partial charge in [-0.2, -0.15) is 0 Å². The lowest BCUT2D eigenvalue weighted by Crippen LogP contribution is -1.96. The SMILES string of the molecule is CC(O)c1ccccc1C1CC1. The minimum absolute atomic E-state index is 0.318. The van der Waals surface area contributed by atoms with Crippen LogP contribution in [0.1, 0.15) is 42.9 Å². The van der Waals surface area contributed by atoms with Crippen LogP contribution >= 0.6 is 0 Å². The highest BCUT2D eigenvalue weighted by Gasteiger charge is 2.26. The summed E-state index contributed by atoms with van der Waals surface area (Å²) >= 11 is 0. The van der Waals surface area contributed by atoms with E-state index in [2.05, 4.69) is 12.1 Å². The van der Waals surface area contributed by atoms with Crippen LogP contribution in [0.5, 0.6) is 0 Å². The second-order valence-corrected chi connectivity index (χ2v) is 3.58. The molecule has 1 atom stereocenters. The second kappa shape index (κ2) is 2.91. The van der Waals surface area contributed by atoms with Gasteiger partial charge in [0, 0.05) is 0 Å². The molecule has 0 spiro atoms. The number of aliphatic hydroxyl groups excluding tert-OH is 1. The first kappa shape index (κ1) is 7.81. The van der Waals surface area contributed by atoms with E-state index in [4.69, 9.17) is 0 Å². The summed E-state index contributed by atoms with van der Waals surface area (Å²) < 4.78 is 0. The molecule has 0 amide bonds. The molecular weight excluding hydrogens is 148 g/mol. The highest BCUT2D eigenvalue weighted by Crippen LogP contribution is 2.42. The average Bonchev–Trinajstić information content (AvgIpc) is 2.87. The van der Waals surface area contributed by atoms with Crippen molar-refractivity contribution >= 4 is 0 Å². The lowest BCUT2D eigenvalue weighted by atomic mass is 10.00. The van der Waals surface area contributed by atoms with Gasteiger partial charge < -0.3 is 5.11 Å². The van der Waals surface area contributed by atoms with Gasteiger partial charge in [0.15, 0.2) is 0 Å². The summed E-state index contributed by atoms with van der Waals surface area (Å²) in [4.78, 5) is 0. The Kier molecular flexibility index (Phi) is 1.89. The van der Waals surface area contributed by atoms with Crippen molar-refractivity contribution < 1.29 is 5.11 Å². The smallest absolute Gasteiger partial charge is 0.0764 e. The molecule has 0 heterocycles. The third kappa shape index (κ3) is 1.37. The van der Waals surface area contributed by atoms with Gasteiger partial charge in [-0.25, -0.2) is 0 Å². The largest absolute Gasteiger partial charge is 0.389 e. The zero-order valence-corrected chi connectivity index (χ0v) is 7.33. The molecular formula is C11H14O. The van der Waals surface area contributed by atoms with Gasteiger partial charge in [-0.3, -0.25) is 0 Å². The quantitative estimate of drug-likeness (QED) is 0.708. The Balaban J connectivity index is 2.36. The molecule has 64 valence electrons. The fourth-order valence-corrected chi connectivity index (χ4v) is 1.66. The first-order valence-corrected chi connectivity index (χ1v) is 4.56. The van der Waals surface area contributed by atoms with Gasteiger partial charge in [0.25, 0.3) is 0 Å². The molecule has 0 aromatic heterocycles. The standard InChI is InChI=1S/C11H14O/c1-8(12)10-4-2-3-5-11(10)9-6-7-9/h2-5,8-9,12H,6-7H2,1H3.